The number of halogens is 1. The number of hydrogen-bond acceptors (Lipinski definition) is 3. The molecule has 4 rings (SSSR count). The van der Waals surface area contributed by atoms with Crippen molar-refractivity contribution in [1.29, 1.82) is 0 Å². The highest BCUT2D eigenvalue weighted by molar-refractivity contribution is 5.98. The summed E-state index contributed by atoms with van der Waals surface area (Å²) in [4.78, 5) is 6.62. The third-order valence-corrected chi connectivity index (χ3v) is 4.03. The number of guanidine groups is 1. The topological polar surface area (TPSA) is 41.6 Å². The van der Waals surface area contributed by atoms with Crippen LogP contribution < -0.4 is 10.6 Å². The van der Waals surface area contributed by atoms with Crippen LogP contribution in [-0.2, 0) is 6.42 Å². The van der Waals surface area contributed by atoms with Crippen molar-refractivity contribution in [2.45, 2.75) is 12.5 Å². The number of hydrogen-bond donors (Lipinski definition) is 1. The smallest absolute Gasteiger partial charge is 0.196 e. The van der Waals surface area contributed by atoms with Crippen LogP contribution in [-0.4, -0.2) is 12.5 Å². The lowest BCUT2D eigenvalue weighted by Gasteiger charge is -2.26. The number of rotatable bonds is 0. The lowest BCUT2D eigenvalue weighted by atomic mass is 9.97. The molecule has 3 nitrogen and oxygen atoms in total. The van der Waals surface area contributed by atoms with Gasteiger partial charge in [-0.25, -0.2) is 0 Å². The van der Waals surface area contributed by atoms with Crippen LogP contribution in [0.1, 0.15) is 22.7 Å². The van der Waals surface area contributed by atoms with Crippen LogP contribution in [0.4, 0.5) is 5.69 Å². The lowest BCUT2D eigenvalue weighted by Crippen LogP contribution is -2.36. The number of nitrogens with zero attached hydrogens (tertiary/aromatic N) is 2. The molecular weight excluding hydrogens is 270 g/mol. The summed E-state index contributed by atoms with van der Waals surface area (Å²) in [5.41, 5.74) is 11.4. The zero-order chi connectivity index (χ0) is 12.8. The Morgan fingerprint density at radius 3 is 2.55 bits per heavy atom. The average Bonchev–Trinajstić information content (AvgIpc) is 2.75. The van der Waals surface area contributed by atoms with E-state index in [9.17, 15) is 0 Å². The number of fused-ring (bicyclic) bond motifs is 5. The molecule has 0 bridgehead atoms. The summed E-state index contributed by atoms with van der Waals surface area (Å²) < 4.78 is 0. The molecule has 0 aliphatic carbocycles. The molecule has 0 fully saturated rings. The van der Waals surface area contributed by atoms with E-state index in [1.54, 1.807) is 0 Å². The van der Waals surface area contributed by atoms with E-state index in [0.717, 1.165) is 13.0 Å². The molecule has 0 aromatic heterocycles. The molecular formula is C16H16ClN3. The molecule has 2 heterocycles. The second-order valence-electron chi connectivity index (χ2n) is 5.09. The van der Waals surface area contributed by atoms with Crippen LogP contribution in [0, 0.1) is 0 Å². The van der Waals surface area contributed by atoms with Crippen molar-refractivity contribution in [3.05, 3.63) is 65.2 Å². The zero-order valence-electron chi connectivity index (χ0n) is 11.0. The third-order valence-electron chi connectivity index (χ3n) is 4.03. The highest BCUT2D eigenvalue weighted by atomic mass is 35.5. The third kappa shape index (κ3) is 1.78. The van der Waals surface area contributed by atoms with Gasteiger partial charge >= 0.3 is 0 Å². The molecule has 0 spiro atoms. The first-order valence-electron chi connectivity index (χ1n) is 6.59. The number of anilines is 1. The van der Waals surface area contributed by atoms with E-state index in [2.05, 4.69) is 58.4 Å². The average molecular weight is 286 g/mol. The van der Waals surface area contributed by atoms with Crippen molar-refractivity contribution in [2.75, 3.05) is 11.4 Å². The van der Waals surface area contributed by atoms with E-state index < -0.39 is 0 Å². The molecule has 2 aromatic rings. The summed E-state index contributed by atoms with van der Waals surface area (Å²) in [5.74, 6) is 0.633. The van der Waals surface area contributed by atoms with Gasteiger partial charge in [-0.2, -0.15) is 0 Å². The second kappa shape index (κ2) is 4.84. The highest BCUT2D eigenvalue weighted by Gasteiger charge is 2.33. The van der Waals surface area contributed by atoms with Crippen LogP contribution in [0.15, 0.2) is 53.5 Å². The van der Waals surface area contributed by atoms with E-state index >= 15 is 0 Å². The van der Waals surface area contributed by atoms with Crippen molar-refractivity contribution in [3.8, 4) is 0 Å². The normalized spacial score (nSPS) is 19.1. The number of para-hydroxylation sites is 1. The Balaban J connectivity index is 0.00000121. The minimum absolute atomic E-state index is 0. The Morgan fingerprint density at radius 1 is 1.00 bits per heavy atom. The molecule has 0 amide bonds. The lowest BCUT2D eigenvalue weighted by molar-refractivity contribution is 0.768. The number of nitrogens with two attached hydrogens (primary N) is 1. The zero-order valence-corrected chi connectivity index (χ0v) is 11.8. The quantitative estimate of drug-likeness (QED) is 0.809. The maximum absolute atomic E-state index is 6.11. The first kappa shape index (κ1) is 13.0. The fourth-order valence-electron chi connectivity index (χ4n) is 3.15. The molecule has 2 aromatic carbocycles. The molecule has 2 aliphatic rings. The molecule has 102 valence electrons. The first-order chi connectivity index (χ1) is 9.34. The van der Waals surface area contributed by atoms with Crippen LogP contribution in [0.3, 0.4) is 0 Å². The van der Waals surface area contributed by atoms with Crippen molar-refractivity contribution in [3.63, 3.8) is 0 Å². The van der Waals surface area contributed by atoms with Gasteiger partial charge in [-0.3, -0.25) is 4.99 Å². The van der Waals surface area contributed by atoms with Crippen LogP contribution in [0.25, 0.3) is 0 Å². The van der Waals surface area contributed by atoms with Gasteiger partial charge in [-0.1, -0.05) is 42.5 Å². The van der Waals surface area contributed by atoms with Crippen molar-refractivity contribution >= 4 is 24.1 Å². The highest BCUT2D eigenvalue weighted by Crippen LogP contribution is 2.39. The first-order valence-corrected chi connectivity index (χ1v) is 6.59. The maximum atomic E-state index is 6.11. The molecule has 4 heteroatoms. The SMILES string of the molecule is Cl.NC1=NC[C@@H]2c3ccccc3Cc3ccccc3N12. The van der Waals surface area contributed by atoms with Gasteiger partial charge in [0, 0.05) is 5.69 Å². The van der Waals surface area contributed by atoms with Gasteiger partial charge < -0.3 is 10.6 Å². The molecule has 0 unspecified atom stereocenters. The summed E-state index contributed by atoms with van der Waals surface area (Å²) in [6.45, 7) is 0.747. The predicted octanol–water partition coefficient (Wildman–Crippen LogP) is 2.89. The molecule has 2 aliphatic heterocycles. The predicted molar refractivity (Wildman–Crippen MR) is 84.6 cm³/mol. The fraction of sp³-hybridized carbons (Fsp3) is 0.188. The molecule has 1 atom stereocenters. The van der Waals surface area contributed by atoms with Gasteiger partial charge in [0.05, 0.1) is 12.6 Å². The standard InChI is InChI=1S/C16H15N3.ClH/c17-16-18-10-15-13-7-3-1-5-11(13)9-12-6-2-4-8-14(12)19(15)16;/h1-8,15H,9-10H2,(H2,17,18);1H/t15-;/m1./s1. The van der Waals surface area contributed by atoms with Gasteiger partial charge in [-0.15, -0.1) is 12.4 Å². The Morgan fingerprint density at radius 2 is 1.70 bits per heavy atom. The van der Waals surface area contributed by atoms with E-state index in [1.165, 1.54) is 22.4 Å². The van der Waals surface area contributed by atoms with Gasteiger partial charge in [0.25, 0.3) is 0 Å². The van der Waals surface area contributed by atoms with Gasteiger partial charge in [0.15, 0.2) is 5.96 Å². The van der Waals surface area contributed by atoms with Crippen molar-refractivity contribution < 1.29 is 0 Å². The molecule has 2 N–H and O–H groups in total. The summed E-state index contributed by atoms with van der Waals surface area (Å²) >= 11 is 0. The van der Waals surface area contributed by atoms with Gasteiger partial charge in [0.1, 0.15) is 0 Å². The van der Waals surface area contributed by atoms with Crippen LogP contribution in [0.2, 0.25) is 0 Å². The summed E-state index contributed by atoms with van der Waals surface area (Å²) in [6, 6.07) is 17.3. The second-order valence-corrected chi connectivity index (χ2v) is 5.09. The Hall–Kier alpha value is -2.00. The van der Waals surface area contributed by atoms with E-state index in [4.69, 9.17) is 5.73 Å². The Kier molecular flexibility index (Phi) is 3.14. The molecule has 0 saturated heterocycles. The largest absolute Gasteiger partial charge is 0.369 e. The maximum Gasteiger partial charge on any atom is 0.196 e. The number of benzene rings is 2. The summed E-state index contributed by atoms with van der Waals surface area (Å²) in [5, 5.41) is 0. The van der Waals surface area contributed by atoms with E-state index in [1.807, 2.05) is 0 Å². The van der Waals surface area contributed by atoms with Gasteiger partial charge in [-0.05, 0) is 29.2 Å². The monoisotopic (exact) mass is 285 g/mol. The summed E-state index contributed by atoms with van der Waals surface area (Å²) in [7, 11) is 0. The minimum Gasteiger partial charge on any atom is -0.369 e. The summed E-state index contributed by atoms with van der Waals surface area (Å²) in [6.07, 6.45) is 0.965. The fourth-order valence-corrected chi connectivity index (χ4v) is 3.15. The number of aliphatic imine (C=N–C) groups is 1. The van der Waals surface area contributed by atoms with Gasteiger partial charge in [0.2, 0.25) is 0 Å². The Bertz CT molecular complexity index is 681. The van der Waals surface area contributed by atoms with Crippen LogP contribution in [0.5, 0.6) is 0 Å². The van der Waals surface area contributed by atoms with Crippen LogP contribution >= 0.6 is 12.4 Å². The van der Waals surface area contributed by atoms with E-state index in [0.29, 0.717) is 5.96 Å². The van der Waals surface area contributed by atoms with Crippen molar-refractivity contribution in [2.24, 2.45) is 10.7 Å². The minimum atomic E-state index is 0. The van der Waals surface area contributed by atoms with E-state index in [-0.39, 0.29) is 18.4 Å². The Labute approximate surface area is 124 Å². The van der Waals surface area contributed by atoms with Crippen molar-refractivity contribution in [1.82, 2.24) is 0 Å². The molecule has 20 heavy (non-hydrogen) atoms. The molecule has 0 saturated carbocycles. The molecule has 0 radical (unpaired) electrons.